The van der Waals surface area contributed by atoms with E-state index in [-0.39, 0.29) is 114 Å². The smallest absolute Gasteiger partial charge is 0.269 e. The average Bonchev–Trinajstić information content (AvgIpc) is 1.56. The van der Waals surface area contributed by atoms with Crippen molar-refractivity contribution < 1.29 is 57.5 Å². The highest BCUT2D eigenvalue weighted by molar-refractivity contribution is 6.00. The summed E-state index contributed by atoms with van der Waals surface area (Å²) in [4.78, 5) is 196. The second kappa shape index (κ2) is 37.9. The van der Waals surface area contributed by atoms with Crippen LogP contribution in [0, 0.1) is 23.7 Å². The molecule has 7 rings (SSSR count). The predicted octanol–water partition coefficient (Wildman–Crippen LogP) is 4.33. The first kappa shape index (κ1) is 79.7. The third-order valence-electron chi connectivity index (χ3n) is 19.4. The van der Waals surface area contributed by atoms with E-state index in [0.29, 0.717) is 24.0 Å². The number of nitrogens with zero attached hydrogens (tertiary/aromatic N) is 8. The number of hydrogen-bond acceptors (Lipinski definition) is 14. The van der Waals surface area contributed by atoms with E-state index in [1.54, 1.807) is 88.4 Å². The fourth-order valence-corrected chi connectivity index (χ4v) is 13.6. The van der Waals surface area contributed by atoms with Gasteiger partial charge in [0, 0.05) is 79.6 Å². The summed E-state index contributed by atoms with van der Waals surface area (Å²) in [5.74, 6) is -9.03. The minimum atomic E-state index is -1.31. The summed E-state index contributed by atoms with van der Waals surface area (Å²) in [7, 11) is 5.80. The van der Waals surface area contributed by atoms with E-state index in [4.69, 9.17) is 0 Å². The summed E-state index contributed by atoms with van der Waals surface area (Å²) in [6.07, 6.45) is 4.51. The highest BCUT2D eigenvalue weighted by Gasteiger charge is 2.46. The summed E-state index contributed by atoms with van der Waals surface area (Å²) in [6.45, 7) is 14.7. The van der Waals surface area contributed by atoms with Gasteiger partial charge in [0.25, 0.3) is 11.8 Å². The first-order valence-electron chi connectivity index (χ1n) is 35.9. The second-order valence-corrected chi connectivity index (χ2v) is 28.7. The summed E-state index contributed by atoms with van der Waals surface area (Å²) in [6, 6.07) is 15.4. The van der Waals surface area contributed by atoms with E-state index in [2.05, 4.69) is 41.9 Å². The van der Waals surface area contributed by atoms with Crippen LogP contribution in [0.4, 0.5) is 0 Å². The predicted molar refractivity (Wildman–Crippen MR) is 384 cm³/mol. The molecule has 0 bridgehead atoms. The molecule has 0 aliphatic carbocycles. The lowest BCUT2D eigenvalue weighted by atomic mass is 9.97. The van der Waals surface area contributed by atoms with E-state index in [9.17, 15) is 9.59 Å². The average molecular weight is 1410 g/mol. The van der Waals surface area contributed by atoms with Crippen molar-refractivity contribution in [3.05, 3.63) is 132 Å². The Morgan fingerprint density at radius 3 is 1.10 bits per heavy atom. The molecule has 12 amide bonds. The highest BCUT2D eigenvalue weighted by Crippen LogP contribution is 2.27. The van der Waals surface area contributed by atoms with Crippen LogP contribution in [0.15, 0.2) is 109 Å². The minimum absolute atomic E-state index is 0.00335. The maximum absolute atomic E-state index is 15.5. The topological polar surface area (TPSA) is 322 Å². The third kappa shape index (κ3) is 21.2. The van der Waals surface area contributed by atoms with Crippen LogP contribution in [0.5, 0.6) is 0 Å². The third-order valence-corrected chi connectivity index (χ3v) is 19.4. The van der Waals surface area contributed by atoms with Crippen LogP contribution in [-0.4, -0.2) is 225 Å². The van der Waals surface area contributed by atoms with Gasteiger partial charge in [-0.15, -0.1) is 0 Å². The largest absolute Gasteiger partial charge is 0.351 e. The number of hydrogen-bond donors (Lipinski definition) is 6. The number of benzene rings is 2. The van der Waals surface area contributed by atoms with Crippen LogP contribution in [0.2, 0.25) is 0 Å². The van der Waals surface area contributed by atoms with Crippen LogP contribution in [0.3, 0.4) is 0 Å². The summed E-state index contributed by atoms with van der Waals surface area (Å²) >= 11 is 0. The van der Waals surface area contributed by atoms with E-state index in [0.717, 1.165) is 0 Å². The molecule has 2 aromatic heterocycles. The summed E-state index contributed by atoms with van der Waals surface area (Å²) in [5.41, 5.74) is 1.71. The van der Waals surface area contributed by atoms with E-state index in [1.165, 1.54) is 70.0 Å². The molecular weight excluding hydrogens is 1300 g/mol. The molecule has 26 heteroatoms. The number of nitrogens with one attached hydrogen (secondary N) is 6. The lowest BCUT2D eigenvalue weighted by molar-refractivity contribution is -0.151. The van der Waals surface area contributed by atoms with Crippen molar-refractivity contribution in [2.45, 2.75) is 193 Å². The van der Waals surface area contributed by atoms with Gasteiger partial charge in [0.05, 0.1) is 0 Å². The Labute approximate surface area is 600 Å². The first-order chi connectivity index (χ1) is 48.6. The molecule has 3 aliphatic heterocycles. The summed E-state index contributed by atoms with van der Waals surface area (Å²) in [5, 5.41) is 17.5. The van der Waals surface area contributed by atoms with Gasteiger partial charge in [-0.3, -0.25) is 67.5 Å². The van der Waals surface area contributed by atoms with Crippen molar-refractivity contribution in [3.63, 3.8) is 0 Å². The number of aromatic nitrogens is 2. The molecule has 3 aliphatic rings. The molecule has 0 unspecified atom stereocenters. The number of likely N-dealkylation sites (N-methyl/N-ethyl adjacent to an activating group) is 4. The molecule has 102 heavy (non-hydrogen) atoms. The van der Waals surface area contributed by atoms with Crippen molar-refractivity contribution in [1.29, 1.82) is 0 Å². The van der Waals surface area contributed by atoms with Crippen molar-refractivity contribution in [3.8, 4) is 0 Å². The van der Waals surface area contributed by atoms with E-state index >= 15 is 47.9 Å². The molecule has 3 saturated heterocycles. The molecular formula is C76H106N14O12. The summed E-state index contributed by atoms with van der Waals surface area (Å²) < 4.78 is 0. The van der Waals surface area contributed by atoms with Gasteiger partial charge < -0.3 is 61.3 Å². The number of fused-ring (bicyclic) bond motifs is 2. The van der Waals surface area contributed by atoms with Gasteiger partial charge in [0.1, 0.15) is 71.8 Å². The Morgan fingerprint density at radius 2 is 0.775 bits per heavy atom. The molecule has 3 fully saturated rings. The molecule has 2 aromatic carbocycles. The SMILES string of the molecule is CC(C)C[C@@H]1NC(=O)[C@H](CCCNC(=O)c2ccccn2)N(C)C(=O)[C@H](C(C)C)NC(=O)[C@@H]2CCCN2C(=O)[C@@H](Cc2ccccc2)N(C)C(=O)[C@H](CC(C)C)NC(=O)[C@H](CCCNC(=O)c2ccccn2)N(C)C(=O)[C@H](C(C)C)NC(=O)[C@@H]2CCCN2C(=O)[C@@H](Cc2ccccc2)N(C)C1=O. The Hall–Kier alpha value is -9.62. The van der Waals surface area contributed by atoms with Gasteiger partial charge in [-0.05, 0) is 123 Å². The van der Waals surface area contributed by atoms with Crippen molar-refractivity contribution >= 4 is 70.9 Å². The van der Waals surface area contributed by atoms with Gasteiger partial charge in [0.15, 0.2) is 0 Å². The normalized spacial score (nSPS) is 23.9. The fraction of sp³-hybridized carbons (Fsp3) is 0.553. The van der Waals surface area contributed by atoms with Gasteiger partial charge in [0.2, 0.25) is 59.1 Å². The zero-order chi connectivity index (χ0) is 74.5. The van der Waals surface area contributed by atoms with Crippen molar-refractivity contribution in [2.75, 3.05) is 54.4 Å². The van der Waals surface area contributed by atoms with Gasteiger partial charge >= 0.3 is 0 Å². The van der Waals surface area contributed by atoms with Crippen LogP contribution >= 0.6 is 0 Å². The molecule has 0 saturated carbocycles. The Kier molecular flexibility index (Phi) is 29.6. The Morgan fingerprint density at radius 1 is 0.431 bits per heavy atom. The van der Waals surface area contributed by atoms with E-state index in [1.807, 2.05) is 64.1 Å². The van der Waals surface area contributed by atoms with Crippen LogP contribution < -0.4 is 31.9 Å². The number of amides is 12. The van der Waals surface area contributed by atoms with Crippen LogP contribution in [0.25, 0.3) is 0 Å². The van der Waals surface area contributed by atoms with Gasteiger partial charge in [-0.1, -0.05) is 128 Å². The highest BCUT2D eigenvalue weighted by atomic mass is 16.2. The lowest BCUT2D eigenvalue weighted by Crippen LogP contribution is -2.62. The number of pyridine rings is 2. The van der Waals surface area contributed by atoms with Gasteiger partial charge in [-0.25, -0.2) is 0 Å². The molecule has 552 valence electrons. The van der Waals surface area contributed by atoms with Gasteiger partial charge in [-0.2, -0.15) is 0 Å². The number of carbonyl (C=O) groups excluding carboxylic acids is 12. The number of carbonyl (C=O) groups is 12. The van der Waals surface area contributed by atoms with Crippen molar-refractivity contribution in [2.24, 2.45) is 23.7 Å². The monoisotopic (exact) mass is 1410 g/mol. The van der Waals surface area contributed by atoms with Crippen LogP contribution in [0.1, 0.15) is 152 Å². The second-order valence-electron chi connectivity index (χ2n) is 28.7. The minimum Gasteiger partial charge on any atom is -0.351 e. The first-order valence-corrected chi connectivity index (χ1v) is 35.9. The van der Waals surface area contributed by atoms with Crippen LogP contribution in [-0.2, 0) is 60.8 Å². The van der Waals surface area contributed by atoms with E-state index < -0.39 is 143 Å². The molecule has 0 radical (unpaired) electrons. The Bertz CT molecular complexity index is 3300. The molecule has 5 heterocycles. The zero-order valence-corrected chi connectivity index (χ0v) is 61.3. The molecule has 4 aromatic rings. The molecule has 6 N–H and O–H groups in total. The Balaban J connectivity index is 1.32. The fourth-order valence-electron chi connectivity index (χ4n) is 13.6. The zero-order valence-electron chi connectivity index (χ0n) is 61.3. The maximum atomic E-state index is 15.5. The standard InChI is InChI=1S/C76H106N14O12/c1-47(2)43-55-71(97)87(11)61(45-51-27-15-13-16-28-51)73(99)89-41-25-35-59(89)69(95)84-64(50(7)8)76(102)86(10)58(34-24-40-80-66(92)54-32-20-22-38-78-54)68(94)82-56(44-48(3)4)72(98)88(12)62(46-52-29-17-14-18-30-52)74(100)90-42-26-36-60(90)70(96)83-63(49(5)6)75(101)85(9)57(67(93)81-55)33-23-39-79-65(91)53-31-19-21-37-77-53/h13-22,27-32,37-38,47-50,55-64H,23-26,33-36,39-46H2,1-12H3,(H,79,91)(H,80,92)(H,81,93)(H,82,94)(H,83,96)(H,84,95)/t55-,56-,57-,58-,59-,60-,61+,62+,63-,64-/m0/s1. The quantitative estimate of drug-likeness (QED) is 0.0672. The van der Waals surface area contributed by atoms with Crippen molar-refractivity contribution in [1.82, 2.24) is 71.3 Å². The number of rotatable bonds is 20. The lowest BCUT2D eigenvalue weighted by Gasteiger charge is -2.38. The molecule has 10 atom stereocenters. The maximum Gasteiger partial charge on any atom is 0.269 e. The molecule has 0 spiro atoms. The molecule has 26 nitrogen and oxygen atoms in total.